The molecular weight excluding hydrogens is 289 g/mol. The lowest BCUT2D eigenvalue weighted by Gasteiger charge is -2.18. The molecule has 0 aromatic heterocycles. The average Bonchev–Trinajstić information content (AvgIpc) is 2.58. The van der Waals surface area contributed by atoms with Crippen LogP contribution in [0.1, 0.15) is 50.3 Å². The summed E-state index contributed by atoms with van der Waals surface area (Å²) in [6, 6.07) is 15.2. The van der Waals surface area contributed by atoms with Gasteiger partial charge in [0, 0.05) is 12.6 Å². The maximum atomic E-state index is 12.9. The molecule has 1 unspecified atom stereocenters. The van der Waals surface area contributed by atoms with Gasteiger partial charge in [-0.2, -0.15) is 0 Å². The van der Waals surface area contributed by atoms with E-state index in [2.05, 4.69) is 31.3 Å². The molecule has 0 amide bonds. The molecule has 0 heterocycles. The fraction of sp³-hybridized carbons (Fsp3) is 0.400. The molecule has 2 aromatic carbocycles. The molecule has 3 heteroatoms. The van der Waals surface area contributed by atoms with Gasteiger partial charge in [0.05, 0.1) is 6.61 Å². The second-order valence-corrected chi connectivity index (χ2v) is 5.74. The standard InChI is InChI=1S/C20H26FNO/c1-3-5-14-23-19-12-8-17(9-13-19)20(4-2)22-15-16-6-10-18(21)11-7-16/h6-13,20,22H,3-5,14-15H2,1-2H3. The summed E-state index contributed by atoms with van der Waals surface area (Å²) in [6.45, 7) is 5.82. The second kappa shape index (κ2) is 9.31. The monoisotopic (exact) mass is 315 g/mol. The lowest BCUT2D eigenvalue weighted by molar-refractivity contribution is 0.309. The molecule has 23 heavy (non-hydrogen) atoms. The van der Waals surface area contributed by atoms with E-state index in [-0.39, 0.29) is 11.9 Å². The van der Waals surface area contributed by atoms with E-state index in [4.69, 9.17) is 4.74 Å². The summed E-state index contributed by atoms with van der Waals surface area (Å²) in [4.78, 5) is 0. The van der Waals surface area contributed by atoms with Crippen LogP contribution in [0.15, 0.2) is 48.5 Å². The summed E-state index contributed by atoms with van der Waals surface area (Å²) >= 11 is 0. The quantitative estimate of drug-likeness (QED) is 0.638. The van der Waals surface area contributed by atoms with Gasteiger partial charge in [-0.1, -0.05) is 44.5 Å². The summed E-state index contributed by atoms with van der Waals surface area (Å²) in [5.41, 5.74) is 2.34. The van der Waals surface area contributed by atoms with Crippen LogP contribution in [0.4, 0.5) is 4.39 Å². The fourth-order valence-corrected chi connectivity index (χ4v) is 2.47. The maximum absolute atomic E-state index is 12.9. The van der Waals surface area contributed by atoms with Gasteiger partial charge in [-0.25, -0.2) is 4.39 Å². The molecule has 2 rings (SSSR count). The number of benzene rings is 2. The average molecular weight is 315 g/mol. The Morgan fingerprint density at radius 2 is 1.70 bits per heavy atom. The Morgan fingerprint density at radius 3 is 2.30 bits per heavy atom. The summed E-state index contributed by atoms with van der Waals surface area (Å²) < 4.78 is 18.6. The third-order valence-corrected chi connectivity index (χ3v) is 3.92. The molecule has 2 aromatic rings. The Hall–Kier alpha value is -1.87. The first-order valence-electron chi connectivity index (χ1n) is 8.43. The highest BCUT2D eigenvalue weighted by atomic mass is 19.1. The van der Waals surface area contributed by atoms with Gasteiger partial charge in [-0.3, -0.25) is 0 Å². The molecule has 0 saturated carbocycles. The third-order valence-electron chi connectivity index (χ3n) is 3.92. The molecule has 0 saturated heterocycles. The van der Waals surface area contributed by atoms with Crippen molar-refractivity contribution in [3.05, 3.63) is 65.5 Å². The molecule has 0 aliphatic rings. The van der Waals surface area contributed by atoms with Gasteiger partial charge in [0.1, 0.15) is 11.6 Å². The van der Waals surface area contributed by atoms with Crippen LogP contribution in [0.3, 0.4) is 0 Å². The first kappa shape index (κ1) is 17.5. The number of unbranched alkanes of at least 4 members (excludes halogenated alkanes) is 1. The van der Waals surface area contributed by atoms with Gasteiger partial charge in [-0.05, 0) is 48.2 Å². The van der Waals surface area contributed by atoms with Crippen LogP contribution in [0, 0.1) is 5.82 Å². The number of rotatable bonds is 9. The van der Waals surface area contributed by atoms with Gasteiger partial charge in [0.2, 0.25) is 0 Å². The van der Waals surface area contributed by atoms with Gasteiger partial charge >= 0.3 is 0 Å². The normalized spacial score (nSPS) is 12.1. The van der Waals surface area contributed by atoms with Crippen LogP contribution >= 0.6 is 0 Å². The highest BCUT2D eigenvalue weighted by Crippen LogP contribution is 2.21. The number of halogens is 1. The van der Waals surface area contributed by atoms with Crippen LogP contribution in [-0.4, -0.2) is 6.61 Å². The summed E-state index contributed by atoms with van der Waals surface area (Å²) in [7, 11) is 0. The van der Waals surface area contributed by atoms with E-state index in [0.29, 0.717) is 0 Å². The predicted molar refractivity (Wildman–Crippen MR) is 93.1 cm³/mol. The summed E-state index contributed by atoms with van der Waals surface area (Å²) in [6.07, 6.45) is 3.22. The molecule has 0 spiro atoms. The van der Waals surface area contributed by atoms with E-state index >= 15 is 0 Å². The first-order valence-corrected chi connectivity index (χ1v) is 8.43. The molecular formula is C20H26FNO. The number of ether oxygens (including phenoxy) is 1. The maximum Gasteiger partial charge on any atom is 0.123 e. The minimum absolute atomic E-state index is 0.195. The van der Waals surface area contributed by atoms with Crippen LogP contribution in [0.5, 0.6) is 5.75 Å². The van der Waals surface area contributed by atoms with Crippen molar-refractivity contribution in [3.8, 4) is 5.75 Å². The van der Waals surface area contributed by atoms with Crippen LogP contribution in [0.25, 0.3) is 0 Å². The van der Waals surface area contributed by atoms with E-state index in [9.17, 15) is 4.39 Å². The lowest BCUT2D eigenvalue weighted by Crippen LogP contribution is -2.20. The number of hydrogen-bond acceptors (Lipinski definition) is 2. The molecule has 124 valence electrons. The minimum Gasteiger partial charge on any atom is -0.494 e. The number of nitrogens with one attached hydrogen (secondary N) is 1. The summed E-state index contributed by atoms with van der Waals surface area (Å²) in [5, 5.41) is 3.53. The predicted octanol–water partition coefficient (Wildman–Crippen LogP) is 5.25. The van der Waals surface area contributed by atoms with Crippen LogP contribution in [-0.2, 0) is 6.54 Å². The van der Waals surface area contributed by atoms with E-state index in [1.165, 1.54) is 17.7 Å². The molecule has 0 aliphatic carbocycles. The topological polar surface area (TPSA) is 21.3 Å². The van der Waals surface area contributed by atoms with Crippen molar-refractivity contribution >= 4 is 0 Å². The zero-order valence-electron chi connectivity index (χ0n) is 14.0. The lowest BCUT2D eigenvalue weighted by atomic mass is 10.0. The van der Waals surface area contributed by atoms with Gasteiger partial charge < -0.3 is 10.1 Å². The molecule has 1 N–H and O–H groups in total. The molecule has 0 aliphatic heterocycles. The Balaban J connectivity index is 1.90. The second-order valence-electron chi connectivity index (χ2n) is 5.74. The van der Waals surface area contributed by atoms with Crippen molar-refractivity contribution < 1.29 is 9.13 Å². The highest BCUT2D eigenvalue weighted by Gasteiger charge is 2.09. The molecule has 1 atom stereocenters. The zero-order chi connectivity index (χ0) is 16.5. The van der Waals surface area contributed by atoms with Crippen molar-refractivity contribution in [1.29, 1.82) is 0 Å². The van der Waals surface area contributed by atoms with Crippen molar-refractivity contribution in [2.75, 3.05) is 6.61 Å². The smallest absolute Gasteiger partial charge is 0.123 e. The van der Waals surface area contributed by atoms with Crippen molar-refractivity contribution in [2.24, 2.45) is 0 Å². The zero-order valence-corrected chi connectivity index (χ0v) is 14.0. The minimum atomic E-state index is -0.195. The third kappa shape index (κ3) is 5.68. The Morgan fingerprint density at radius 1 is 1.00 bits per heavy atom. The van der Waals surface area contributed by atoms with Gasteiger partial charge in [0.15, 0.2) is 0 Å². The van der Waals surface area contributed by atoms with E-state index in [1.807, 2.05) is 24.3 Å². The number of hydrogen-bond donors (Lipinski definition) is 1. The van der Waals surface area contributed by atoms with Crippen molar-refractivity contribution in [2.45, 2.75) is 45.7 Å². The Bertz CT molecular complexity index is 565. The van der Waals surface area contributed by atoms with E-state index in [1.54, 1.807) is 0 Å². The van der Waals surface area contributed by atoms with Gasteiger partial charge in [0.25, 0.3) is 0 Å². The Labute approximate surface area is 138 Å². The first-order chi connectivity index (χ1) is 11.2. The fourth-order valence-electron chi connectivity index (χ4n) is 2.47. The van der Waals surface area contributed by atoms with Gasteiger partial charge in [-0.15, -0.1) is 0 Å². The van der Waals surface area contributed by atoms with E-state index < -0.39 is 0 Å². The van der Waals surface area contributed by atoms with Crippen molar-refractivity contribution in [3.63, 3.8) is 0 Å². The highest BCUT2D eigenvalue weighted by molar-refractivity contribution is 5.29. The summed E-state index contributed by atoms with van der Waals surface area (Å²) in [5.74, 6) is 0.732. The van der Waals surface area contributed by atoms with Crippen LogP contribution in [0.2, 0.25) is 0 Å². The largest absolute Gasteiger partial charge is 0.494 e. The molecule has 2 nitrogen and oxygen atoms in total. The molecule has 0 bridgehead atoms. The van der Waals surface area contributed by atoms with Crippen molar-refractivity contribution in [1.82, 2.24) is 5.32 Å². The SMILES string of the molecule is CCCCOc1ccc(C(CC)NCc2ccc(F)cc2)cc1. The molecule has 0 fully saturated rings. The molecule has 0 radical (unpaired) electrons. The Kier molecular flexibility index (Phi) is 7.08. The van der Waals surface area contributed by atoms with Crippen LogP contribution < -0.4 is 10.1 Å². The van der Waals surface area contributed by atoms with E-state index in [0.717, 1.165) is 43.7 Å².